The molecule has 0 amide bonds. The number of ether oxygens (including phenoxy) is 1. The first-order valence-corrected chi connectivity index (χ1v) is 4.33. The molecule has 0 aromatic heterocycles. The number of hydrogen-bond donors (Lipinski definition) is 0. The van der Waals surface area contributed by atoms with E-state index in [1.807, 2.05) is 25.1 Å². The van der Waals surface area contributed by atoms with Crippen LogP contribution in [0.1, 0.15) is 12.5 Å². The minimum atomic E-state index is 0.830. The summed E-state index contributed by atoms with van der Waals surface area (Å²) in [5.41, 5.74) is 0.955. The highest BCUT2D eigenvalue weighted by atomic mass is 79.9. The fourth-order valence-corrected chi connectivity index (χ4v) is 1.21. The third kappa shape index (κ3) is 2.02. The van der Waals surface area contributed by atoms with Crippen LogP contribution in [0.15, 0.2) is 22.7 Å². The lowest BCUT2D eigenvalue weighted by Gasteiger charge is -2.00. The van der Waals surface area contributed by atoms with E-state index in [4.69, 9.17) is 4.74 Å². The number of rotatable bonds is 1. The Morgan fingerprint density at radius 1 is 1.42 bits per heavy atom. The average Bonchev–Trinajstić information content (AvgIpc) is 2.09. The smallest absolute Gasteiger partial charge is 0.120 e. The third-order valence-corrected chi connectivity index (χ3v) is 2.12. The minimum absolute atomic E-state index is 0.830. The summed E-state index contributed by atoms with van der Waals surface area (Å²) in [6.45, 7) is 1.81. The summed E-state index contributed by atoms with van der Waals surface area (Å²) in [6, 6.07) is 5.73. The summed E-state index contributed by atoms with van der Waals surface area (Å²) in [6.07, 6.45) is 0. The Morgan fingerprint density at radius 2 is 2.17 bits per heavy atom. The molecule has 0 aliphatic rings. The number of methoxy groups -OCH3 is 1. The molecule has 0 radical (unpaired) electrons. The Hall–Kier alpha value is -0.940. The van der Waals surface area contributed by atoms with Gasteiger partial charge in [-0.3, -0.25) is 0 Å². The fourth-order valence-electron chi connectivity index (χ4n) is 0.862. The van der Waals surface area contributed by atoms with Gasteiger partial charge in [0, 0.05) is 10.0 Å². The summed E-state index contributed by atoms with van der Waals surface area (Å²) in [4.78, 5) is 0. The number of hydrogen-bond acceptors (Lipinski definition) is 1. The van der Waals surface area contributed by atoms with E-state index in [0.29, 0.717) is 0 Å². The van der Waals surface area contributed by atoms with Gasteiger partial charge in [-0.2, -0.15) is 0 Å². The first-order chi connectivity index (χ1) is 5.77. The highest BCUT2D eigenvalue weighted by molar-refractivity contribution is 9.10. The largest absolute Gasteiger partial charge is 0.497 e. The van der Waals surface area contributed by atoms with E-state index in [0.717, 1.165) is 15.8 Å². The fraction of sp³-hybridized carbons (Fsp3) is 0.200. The maximum Gasteiger partial charge on any atom is 0.120 e. The Kier molecular flexibility index (Phi) is 3.19. The molecule has 2 heteroatoms. The molecule has 1 aromatic rings. The molecule has 1 rings (SSSR count). The molecule has 0 aliphatic heterocycles. The molecule has 0 saturated heterocycles. The van der Waals surface area contributed by atoms with E-state index in [1.165, 1.54) is 0 Å². The van der Waals surface area contributed by atoms with E-state index in [1.54, 1.807) is 7.11 Å². The van der Waals surface area contributed by atoms with E-state index in [-0.39, 0.29) is 0 Å². The zero-order valence-corrected chi connectivity index (χ0v) is 8.60. The lowest BCUT2D eigenvalue weighted by atomic mass is 10.2. The first-order valence-electron chi connectivity index (χ1n) is 3.54. The second-order valence-corrected chi connectivity index (χ2v) is 3.08. The van der Waals surface area contributed by atoms with Crippen LogP contribution >= 0.6 is 15.9 Å². The van der Waals surface area contributed by atoms with Gasteiger partial charge in [0.05, 0.1) is 7.11 Å². The minimum Gasteiger partial charge on any atom is -0.497 e. The zero-order valence-electron chi connectivity index (χ0n) is 7.02. The zero-order chi connectivity index (χ0) is 8.97. The molecule has 0 aliphatic carbocycles. The van der Waals surface area contributed by atoms with Gasteiger partial charge >= 0.3 is 0 Å². The van der Waals surface area contributed by atoms with Crippen molar-refractivity contribution in [3.8, 4) is 17.6 Å². The van der Waals surface area contributed by atoms with Gasteiger partial charge in [0.25, 0.3) is 0 Å². The summed E-state index contributed by atoms with van der Waals surface area (Å²) < 4.78 is 6.07. The van der Waals surface area contributed by atoms with Crippen molar-refractivity contribution in [3.63, 3.8) is 0 Å². The normalized spacial score (nSPS) is 8.58. The topological polar surface area (TPSA) is 9.23 Å². The van der Waals surface area contributed by atoms with Gasteiger partial charge in [-0.15, -0.1) is 5.92 Å². The lowest BCUT2D eigenvalue weighted by Crippen LogP contribution is -1.84. The summed E-state index contributed by atoms with van der Waals surface area (Å²) >= 11 is 3.40. The van der Waals surface area contributed by atoms with Crippen LogP contribution in [-0.4, -0.2) is 7.11 Å². The molecular formula is C10H9BrO. The Morgan fingerprint density at radius 3 is 2.75 bits per heavy atom. The van der Waals surface area contributed by atoms with Crippen molar-refractivity contribution in [2.75, 3.05) is 7.11 Å². The standard InChI is InChI=1S/C10H9BrO/c1-3-4-8-7-9(12-2)5-6-10(8)11/h5-7H,1-2H3. The molecule has 62 valence electrons. The Balaban J connectivity index is 3.14. The van der Waals surface area contributed by atoms with Gasteiger partial charge in [0.1, 0.15) is 5.75 Å². The Bertz CT molecular complexity index is 333. The van der Waals surface area contributed by atoms with Crippen LogP contribution in [0.25, 0.3) is 0 Å². The van der Waals surface area contributed by atoms with Crippen LogP contribution in [0.2, 0.25) is 0 Å². The molecule has 0 fully saturated rings. The van der Waals surface area contributed by atoms with E-state index in [9.17, 15) is 0 Å². The van der Waals surface area contributed by atoms with E-state index >= 15 is 0 Å². The van der Waals surface area contributed by atoms with Gasteiger partial charge in [0.2, 0.25) is 0 Å². The maximum absolute atomic E-state index is 5.07. The molecule has 0 saturated carbocycles. The monoisotopic (exact) mass is 224 g/mol. The molecule has 0 unspecified atom stereocenters. The molecule has 12 heavy (non-hydrogen) atoms. The second kappa shape index (κ2) is 4.18. The van der Waals surface area contributed by atoms with Crippen molar-refractivity contribution < 1.29 is 4.74 Å². The van der Waals surface area contributed by atoms with Crippen LogP contribution in [-0.2, 0) is 0 Å². The molecule has 0 N–H and O–H groups in total. The van der Waals surface area contributed by atoms with Gasteiger partial charge in [-0.05, 0) is 41.1 Å². The summed E-state index contributed by atoms with van der Waals surface area (Å²) in [5, 5.41) is 0. The summed E-state index contributed by atoms with van der Waals surface area (Å²) in [7, 11) is 1.65. The molecule has 0 bridgehead atoms. The quantitative estimate of drug-likeness (QED) is 0.667. The predicted octanol–water partition coefficient (Wildman–Crippen LogP) is 2.83. The third-order valence-electron chi connectivity index (χ3n) is 1.43. The molecule has 0 spiro atoms. The van der Waals surface area contributed by atoms with Crippen LogP contribution in [0.4, 0.5) is 0 Å². The van der Waals surface area contributed by atoms with Crippen molar-refractivity contribution in [1.82, 2.24) is 0 Å². The van der Waals surface area contributed by atoms with Crippen LogP contribution in [0.3, 0.4) is 0 Å². The highest BCUT2D eigenvalue weighted by Crippen LogP contribution is 2.21. The molecular weight excluding hydrogens is 216 g/mol. The van der Waals surface area contributed by atoms with E-state index < -0.39 is 0 Å². The summed E-state index contributed by atoms with van der Waals surface area (Å²) in [5.74, 6) is 6.64. The van der Waals surface area contributed by atoms with Crippen molar-refractivity contribution in [1.29, 1.82) is 0 Å². The van der Waals surface area contributed by atoms with Gasteiger partial charge in [-0.1, -0.05) is 5.92 Å². The van der Waals surface area contributed by atoms with Gasteiger partial charge < -0.3 is 4.74 Å². The average molecular weight is 225 g/mol. The van der Waals surface area contributed by atoms with Crippen molar-refractivity contribution >= 4 is 15.9 Å². The van der Waals surface area contributed by atoms with Crippen molar-refractivity contribution in [2.45, 2.75) is 6.92 Å². The first kappa shape index (κ1) is 9.15. The Labute approximate surface area is 80.9 Å². The molecule has 0 atom stereocenters. The lowest BCUT2D eigenvalue weighted by molar-refractivity contribution is 0.414. The van der Waals surface area contributed by atoms with Crippen molar-refractivity contribution in [2.24, 2.45) is 0 Å². The highest BCUT2D eigenvalue weighted by Gasteiger charge is 1.97. The van der Waals surface area contributed by atoms with Gasteiger partial charge in [0.15, 0.2) is 0 Å². The predicted molar refractivity (Wildman–Crippen MR) is 53.2 cm³/mol. The SMILES string of the molecule is CC#Cc1cc(OC)ccc1Br. The van der Waals surface area contributed by atoms with Crippen LogP contribution in [0, 0.1) is 11.8 Å². The van der Waals surface area contributed by atoms with Gasteiger partial charge in [-0.25, -0.2) is 0 Å². The van der Waals surface area contributed by atoms with Crippen molar-refractivity contribution in [3.05, 3.63) is 28.2 Å². The number of benzene rings is 1. The number of halogens is 1. The molecule has 1 nitrogen and oxygen atoms in total. The second-order valence-electron chi connectivity index (χ2n) is 2.22. The van der Waals surface area contributed by atoms with Crippen LogP contribution in [0.5, 0.6) is 5.75 Å². The van der Waals surface area contributed by atoms with E-state index in [2.05, 4.69) is 27.8 Å². The maximum atomic E-state index is 5.07. The van der Waals surface area contributed by atoms with Crippen LogP contribution < -0.4 is 4.74 Å². The molecule has 0 heterocycles. The molecule has 1 aromatic carbocycles.